The average molecular weight is 299 g/mol. The van der Waals surface area contributed by atoms with Crippen LogP contribution in [0.4, 0.5) is 14.5 Å². The molecule has 1 fully saturated rings. The molecule has 2 N–H and O–H groups in total. The van der Waals surface area contributed by atoms with Crippen LogP contribution in [0, 0.1) is 11.6 Å². The Hall–Kier alpha value is -1.53. The van der Waals surface area contributed by atoms with Gasteiger partial charge in [0.05, 0.1) is 13.0 Å². The maximum Gasteiger partial charge on any atom is 0.230 e. The molecule has 1 aliphatic rings. The number of amides is 1. The van der Waals surface area contributed by atoms with E-state index >= 15 is 0 Å². The molecule has 1 aliphatic heterocycles. The summed E-state index contributed by atoms with van der Waals surface area (Å²) in [5.41, 5.74) is 0.276. The van der Waals surface area contributed by atoms with Crippen LogP contribution in [-0.4, -0.2) is 37.7 Å². The highest BCUT2D eigenvalue weighted by Crippen LogP contribution is 2.13. The number of halogens is 2. The number of carbonyl (C=O) groups excluding carboxylic acids is 1. The van der Waals surface area contributed by atoms with E-state index in [2.05, 4.69) is 5.32 Å². The van der Waals surface area contributed by atoms with Crippen molar-refractivity contribution in [3.63, 3.8) is 0 Å². The molecule has 1 amide bonds. The Morgan fingerprint density at radius 3 is 2.57 bits per heavy atom. The molecule has 2 rings (SSSR count). The predicted molar refractivity (Wildman–Crippen MR) is 75.2 cm³/mol. The standard InChI is InChI=1S/C15H20F2N2O2/c1-10-8-19(9-11(2)21-10)6-5-15(20)18-12-3-4-13(16)14(17)7-12/h3-4,7,10-11H,5-6,8-9H2,1-2H3,(H,18,20)/p+1. The van der Waals surface area contributed by atoms with Crippen molar-refractivity contribution in [3.05, 3.63) is 29.8 Å². The average Bonchev–Trinajstić information content (AvgIpc) is 2.40. The molecule has 0 saturated carbocycles. The summed E-state index contributed by atoms with van der Waals surface area (Å²) >= 11 is 0. The number of rotatable bonds is 4. The smallest absolute Gasteiger partial charge is 0.230 e. The van der Waals surface area contributed by atoms with Gasteiger partial charge in [0.2, 0.25) is 5.91 Å². The fourth-order valence-corrected chi connectivity index (χ4v) is 2.68. The fourth-order valence-electron chi connectivity index (χ4n) is 2.68. The molecule has 1 aromatic rings. The summed E-state index contributed by atoms with van der Waals surface area (Å²) in [7, 11) is 0. The molecule has 6 heteroatoms. The Morgan fingerprint density at radius 1 is 1.29 bits per heavy atom. The van der Waals surface area contributed by atoms with Crippen molar-refractivity contribution in [2.45, 2.75) is 32.5 Å². The number of hydrogen-bond acceptors (Lipinski definition) is 2. The quantitative estimate of drug-likeness (QED) is 0.870. The van der Waals surface area contributed by atoms with Crippen molar-refractivity contribution in [1.82, 2.24) is 0 Å². The van der Waals surface area contributed by atoms with Crippen molar-refractivity contribution < 1.29 is 23.2 Å². The molecule has 0 bridgehead atoms. The zero-order valence-corrected chi connectivity index (χ0v) is 12.3. The van der Waals surface area contributed by atoms with Gasteiger partial charge in [0.25, 0.3) is 0 Å². The minimum Gasteiger partial charge on any atom is -0.364 e. The Kier molecular flexibility index (Phi) is 5.25. The normalized spacial score (nSPS) is 25.6. The number of ether oxygens (including phenoxy) is 1. The van der Waals surface area contributed by atoms with Crippen LogP contribution in [0.3, 0.4) is 0 Å². The van der Waals surface area contributed by atoms with E-state index in [1.54, 1.807) is 0 Å². The summed E-state index contributed by atoms with van der Waals surface area (Å²) in [5, 5.41) is 2.58. The SMILES string of the molecule is CC1C[NH+](CCC(=O)Nc2ccc(F)c(F)c2)CC(C)O1. The first kappa shape index (κ1) is 15.9. The zero-order valence-electron chi connectivity index (χ0n) is 12.3. The highest BCUT2D eigenvalue weighted by molar-refractivity contribution is 5.90. The number of nitrogens with one attached hydrogen (secondary N) is 2. The van der Waals surface area contributed by atoms with Crippen molar-refractivity contribution >= 4 is 11.6 Å². The number of carbonyl (C=O) groups is 1. The Balaban J connectivity index is 1.80. The topological polar surface area (TPSA) is 42.8 Å². The van der Waals surface area contributed by atoms with Gasteiger partial charge in [0.15, 0.2) is 11.6 Å². The first-order valence-corrected chi connectivity index (χ1v) is 7.18. The molecule has 4 nitrogen and oxygen atoms in total. The lowest BCUT2D eigenvalue weighted by Crippen LogP contribution is -3.15. The van der Waals surface area contributed by atoms with Gasteiger partial charge in [-0.2, -0.15) is 0 Å². The van der Waals surface area contributed by atoms with Gasteiger partial charge in [0.1, 0.15) is 25.3 Å². The van der Waals surface area contributed by atoms with E-state index in [0.29, 0.717) is 13.0 Å². The van der Waals surface area contributed by atoms with Gasteiger partial charge in [-0.25, -0.2) is 8.78 Å². The third-order valence-electron chi connectivity index (χ3n) is 3.53. The van der Waals surface area contributed by atoms with Crippen LogP contribution in [0.25, 0.3) is 0 Å². The monoisotopic (exact) mass is 299 g/mol. The number of quaternary nitrogens is 1. The summed E-state index contributed by atoms with van der Waals surface area (Å²) in [5.74, 6) is -2.08. The number of morpholine rings is 1. The summed E-state index contributed by atoms with van der Waals surface area (Å²) < 4.78 is 31.5. The van der Waals surface area contributed by atoms with Gasteiger partial charge in [-0.1, -0.05) is 0 Å². The summed E-state index contributed by atoms with van der Waals surface area (Å²) in [4.78, 5) is 13.2. The third-order valence-corrected chi connectivity index (χ3v) is 3.53. The van der Waals surface area contributed by atoms with Crippen LogP contribution < -0.4 is 10.2 Å². The second-order valence-electron chi connectivity index (χ2n) is 5.59. The van der Waals surface area contributed by atoms with Crippen LogP contribution >= 0.6 is 0 Å². The van der Waals surface area contributed by atoms with Crippen LogP contribution in [-0.2, 0) is 9.53 Å². The molecule has 0 aliphatic carbocycles. The van der Waals surface area contributed by atoms with E-state index in [1.165, 1.54) is 11.0 Å². The molecule has 0 aromatic heterocycles. The number of benzene rings is 1. The Morgan fingerprint density at radius 2 is 1.95 bits per heavy atom. The number of anilines is 1. The molecule has 1 heterocycles. The molecule has 2 unspecified atom stereocenters. The molecule has 1 aromatic carbocycles. The molecule has 21 heavy (non-hydrogen) atoms. The van der Waals surface area contributed by atoms with E-state index in [9.17, 15) is 13.6 Å². The number of hydrogen-bond donors (Lipinski definition) is 2. The van der Waals surface area contributed by atoms with Crippen molar-refractivity contribution in [1.29, 1.82) is 0 Å². The largest absolute Gasteiger partial charge is 0.364 e. The second kappa shape index (κ2) is 6.95. The van der Waals surface area contributed by atoms with Crippen LogP contribution in [0.15, 0.2) is 18.2 Å². The molecule has 116 valence electrons. The zero-order chi connectivity index (χ0) is 15.4. The molecule has 2 atom stereocenters. The lowest BCUT2D eigenvalue weighted by molar-refractivity contribution is -0.914. The second-order valence-corrected chi connectivity index (χ2v) is 5.59. The minimum atomic E-state index is -0.964. The van der Waals surface area contributed by atoms with E-state index in [1.807, 2.05) is 13.8 Å². The lowest BCUT2D eigenvalue weighted by atomic mass is 10.2. The van der Waals surface area contributed by atoms with Gasteiger partial charge < -0.3 is 15.0 Å². The molecule has 1 saturated heterocycles. The summed E-state index contributed by atoms with van der Waals surface area (Å²) in [6.45, 7) is 6.51. The Labute approximate surface area is 123 Å². The van der Waals surface area contributed by atoms with Crippen LogP contribution in [0.5, 0.6) is 0 Å². The molecule has 0 radical (unpaired) electrons. The van der Waals surface area contributed by atoms with E-state index in [-0.39, 0.29) is 23.8 Å². The molecule has 0 spiro atoms. The molecular weight excluding hydrogens is 278 g/mol. The van der Waals surface area contributed by atoms with E-state index < -0.39 is 11.6 Å². The molecular formula is C15H21F2N2O2+. The predicted octanol–water partition coefficient (Wildman–Crippen LogP) is 0.985. The van der Waals surface area contributed by atoms with Gasteiger partial charge in [-0.3, -0.25) is 4.79 Å². The van der Waals surface area contributed by atoms with E-state index in [0.717, 1.165) is 25.2 Å². The van der Waals surface area contributed by atoms with Crippen molar-refractivity contribution in [2.24, 2.45) is 0 Å². The van der Waals surface area contributed by atoms with Crippen molar-refractivity contribution in [3.8, 4) is 0 Å². The summed E-state index contributed by atoms with van der Waals surface area (Å²) in [6.07, 6.45) is 0.726. The maximum absolute atomic E-state index is 13.0. The van der Waals surface area contributed by atoms with Gasteiger partial charge >= 0.3 is 0 Å². The highest BCUT2D eigenvalue weighted by Gasteiger charge is 2.25. The summed E-state index contributed by atoms with van der Waals surface area (Å²) in [6, 6.07) is 3.34. The van der Waals surface area contributed by atoms with Gasteiger partial charge in [0, 0.05) is 11.8 Å². The first-order chi connectivity index (χ1) is 9.94. The van der Waals surface area contributed by atoms with Crippen LogP contribution in [0.1, 0.15) is 20.3 Å². The van der Waals surface area contributed by atoms with Gasteiger partial charge in [-0.05, 0) is 26.0 Å². The Bertz CT molecular complexity index is 500. The fraction of sp³-hybridized carbons (Fsp3) is 0.533. The van der Waals surface area contributed by atoms with E-state index in [4.69, 9.17) is 4.74 Å². The lowest BCUT2D eigenvalue weighted by Gasteiger charge is -2.32. The van der Waals surface area contributed by atoms with Crippen molar-refractivity contribution in [2.75, 3.05) is 25.0 Å². The maximum atomic E-state index is 13.0. The minimum absolute atomic E-state index is 0.193. The van der Waals surface area contributed by atoms with Gasteiger partial charge in [-0.15, -0.1) is 0 Å². The third kappa shape index (κ3) is 4.75. The van der Waals surface area contributed by atoms with Crippen LogP contribution in [0.2, 0.25) is 0 Å². The first-order valence-electron chi connectivity index (χ1n) is 7.18. The highest BCUT2D eigenvalue weighted by atomic mass is 19.2.